The Morgan fingerprint density at radius 3 is 2.71 bits per heavy atom. The van der Waals surface area contributed by atoms with Crippen LogP contribution < -0.4 is 0 Å². The average molecular weight is 324 g/mol. The summed E-state index contributed by atoms with van der Waals surface area (Å²) < 4.78 is 0. The molecule has 2 rings (SSSR count). The molecule has 0 spiro atoms. The van der Waals surface area contributed by atoms with Gasteiger partial charge in [0.1, 0.15) is 11.3 Å². The van der Waals surface area contributed by atoms with E-state index in [-0.39, 0.29) is 11.4 Å². The van der Waals surface area contributed by atoms with E-state index in [1.165, 1.54) is 6.07 Å². The van der Waals surface area contributed by atoms with E-state index in [1.807, 2.05) is 12.1 Å². The summed E-state index contributed by atoms with van der Waals surface area (Å²) in [4.78, 5) is 12.7. The van der Waals surface area contributed by atoms with Gasteiger partial charge in [-0.2, -0.15) is 0 Å². The van der Waals surface area contributed by atoms with Crippen molar-refractivity contribution in [3.8, 4) is 17.6 Å². The molecule has 0 aliphatic carbocycles. The van der Waals surface area contributed by atoms with Gasteiger partial charge in [0, 0.05) is 12.6 Å². The lowest BCUT2D eigenvalue weighted by Gasteiger charge is -2.18. The summed E-state index contributed by atoms with van der Waals surface area (Å²) in [5.41, 5.74) is 1.47. The van der Waals surface area contributed by atoms with E-state index in [0.717, 1.165) is 18.5 Å². The van der Waals surface area contributed by atoms with Gasteiger partial charge >= 0.3 is 0 Å². The van der Waals surface area contributed by atoms with E-state index in [9.17, 15) is 15.2 Å². The minimum atomic E-state index is -0.416. The summed E-state index contributed by atoms with van der Waals surface area (Å²) in [5.74, 6) is 6.17. The molecule has 0 fully saturated rings. The minimum Gasteiger partial charge on any atom is -0.508 e. The van der Waals surface area contributed by atoms with Gasteiger partial charge in [-0.1, -0.05) is 43.0 Å². The van der Waals surface area contributed by atoms with Crippen LogP contribution in [0.3, 0.4) is 0 Å². The number of nitrogens with zero attached hydrogens (tertiary/aromatic N) is 2. The third-order valence-corrected chi connectivity index (χ3v) is 3.48. The van der Waals surface area contributed by atoms with Gasteiger partial charge in [0.2, 0.25) is 0 Å². The summed E-state index contributed by atoms with van der Waals surface area (Å²) >= 11 is 0. The highest BCUT2D eigenvalue weighted by atomic mass is 16.6. The number of aromatic hydroxyl groups is 1. The molecule has 124 valence electrons. The Morgan fingerprint density at radius 2 is 2.00 bits per heavy atom. The average Bonchev–Trinajstić information content (AvgIpc) is 2.55. The molecule has 24 heavy (non-hydrogen) atoms. The van der Waals surface area contributed by atoms with E-state index in [4.69, 9.17) is 0 Å². The van der Waals surface area contributed by atoms with Crippen LogP contribution in [0.15, 0.2) is 48.5 Å². The molecule has 5 heteroatoms. The van der Waals surface area contributed by atoms with Gasteiger partial charge in [-0.25, -0.2) is 0 Å². The molecule has 0 aliphatic rings. The molecule has 0 saturated carbocycles. The van der Waals surface area contributed by atoms with Crippen LogP contribution >= 0.6 is 0 Å². The molecule has 0 heterocycles. The van der Waals surface area contributed by atoms with E-state index in [2.05, 4.69) is 23.7 Å². The molecule has 0 aromatic heterocycles. The number of rotatable bonds is 6. The quantitative estimate of drug-likeness (QED) is 0.501. The number of benzene rings is 2. The Kier molecular flexibility index (Phi) is 6.35. The molecule has 0 atom stereocenters. The topological polar surface area (TPSA) is 66.6 Å². The Morgan fingerprint density at radius 1 is 1.21 bits per heavy atom. The number of para-hydroxylation sites is 1. The number of phenols is 1. The Balaban J connectivity index is 2.09. The summed E-state index contributed by atoms with van der Waals surface area (Å²) in [5, 5.41) is 20.6. The highest BCUT2D eigenvalue weighted by Gasteiger charge is 2.10. The fourth-order valence-electron chi connectivity index (χ4n) is 2.43. The first-order valence-corrected chi connectivity index (χ1v) is 7.82. The molecule has 0 aliphatic heterocycles. The van der Waals surface area contributed by atoms with Gasteiger partial charge in [0.05, 0.1) is 11.5 Å². The lowest BCUT2D eigenvalue weighted by Crippen LogP contribution is -2.24. The lowest BCUT2D eigenvalue weighted by atomic mass is 10.2. The lowest BCUT2D eigenvalue weighted by molar-refractivity contribution is -0.385. The zero-order valence-corrected chi connectivity index (χ0v) is 13.6. The zero-order valence-electron chi connectivity index (χ0n) is 13.6. The molecule has 5 nitrogen and oxygen atoms in total. The van der Waals surface area contributed by atoms with Crippen molar-refractivity contribution < 1.29 is 10.0 Å². The van der Waals surface area contributed by atoms with Gasteiger partial charge in [0.25, 0.3) is 5.69 Å². The fourth-order valence-corrected chi connectivity index (χ4v) is 2.43. The molecule has 0 saturated heterocycles. The molecule has 0 amide bonds. The second-order valence-corrected chi connectivity index (χ2v) is 5.46. The number of nitro groups is 1. The maximum absolute atomic E-state index is 11.0. The zero-order chi connectivity index (χ0) is 17.4. The van der Waals surface area contributed by atoms with Crippen LogP contribution in [0.2, 0.25) is 0 Å². The van der Waals surface area contributed by atoms with Gasteiger partial charge in [0.15, 0.2) is 0 Å². The minimum absolute atomic E-state index is 0.0278. The van der Waals surface area contributed by atoms with Crippen LogP contribution in [0.4, 0.5) is 5.69 Å². The summed E-state index contributed by atoms with van der Waals surface area (Å²) in [6.45, 7) is 4.13. The highest BCUT2D eigenvalue weighted by Crippen LogP contribution is 2.16. The molecular weight excluding hydrogens is 304 g/mol. The number of hydrogen-bond donors (Lipinski definition) is 1. The van der Waals surface area contributed by atoms with Crippen LogP contribution in [-0.4, -0.2) is 28.0 Å². The molecule has 0 bridgehead atoms. The Labute approximate surface area is 141 Å². The predicted molar refractivity (Wildman–Crippen MR) is 93.6 cm³/mol. The smallest absolute Gasteiger partial charge is 0.284 e. The third kappa shape index (κ3) is 5.11. The predicted octanol–water partition coefficient (Wildman–Crippen LogP) is 3.56. The first-order chi connectivity index (χ1) is 11.6. The molecule has 0 radical (unpaired) electrons. The van der Waals surface area contributed by atoms with Gasteiger partial charge < -0.3 is 5.11 Å². The van der Waals surface area contributed by atoms with E-state index in [0.29, 0.717) is 18.7 Å². The molecular formula is C19H20N2O3. The van der Waals surface area contributed by atoms with Crippen LogP contribution in [-0.2, 0) is 6.54 Å². The summed E-state index contributed by atoms with van der Waals surface area (Å²) in [6, 6.07) is 13.6. The maximum atomic E-state index is 11.0. The summed E-state index contributed by atoms with van der Waals surface area (Å²) in [7, 11) is 0. The maximum Gasteiger partial charge on any atom is 0.284 e. The summed E-state index contributed by atoms with van der Waals surface area (Å²) in [6.07, 6.45) is 0.978. The van der Waals surface area contributed by atoms with Gasteiger partial charge in [-0.3, -0.25) is 15.0 Å². The second kappa shape index (κ2) is 8.70. The van der Waals surface area contributed by atoms with E-state index < -0.39 is 4.92 Å². The van der Waals surface area contributed by atoms with Crippen molar-refractivity contribution in [2.24, 2.45) is 0 Å². The van der Waals surface area contributed by atoms with Gasteiger partial charge in [-0.05, 0) is 36.7 Å². The first kappa shape index (κ1) is 17.5. The first-order valence-electron chi connectivity index (χ1n) is 7.82. The standard InChI is InChI=1S/C19H20N2O3/c1-2-12-20(15-16-7-5-10-18(22)14-16)13-6-9-17-8-3-4-11-19(17)21(23)24/h3-5,7-8,10-11,14,22H,2,12-13,15H2,1H3. The fraction of sp³-hybridized carbons (Fsp3) is 0.263. The van der Waals surface area contributed by atoms with Crippen molar-refractivity contribution in [3.63, 3.8) is 0 Å². The monoisotopic (exact) mass is 324 g/mol. The second-order valence-electron chi connectivity index (χ2n) is 5.46. The van der Waals surface area contributed by atoms with E-state index >= 15 is 0 Å². The van der Waals surface area contributed by atoms with Crippen molar-refractivity contribution in [1.82, 2.24) is 4.90 Å². The van der Waals surface area contributed by atoms with Crippen molar-refractivity contribution in [2.45, 2.75) is 19.9 Å². The van der Waals surface area contributed by atoms with Crippen LogP contribution in [0.5, 0.6) is 5.75 Å². The van der Waals surface area contributed by atoms with Gasteiger partial charge in [-0.15, -0.1) is 0 Å². The van der Waals surface area contributed by atoms with Crippen LogP contribution in [0.25, 0.3) is 0 Å². The normalized spacial score (nSPS) is 10.2. The number of hydrogen-bond acceptors (Lipinski definition) is 4. The molecule has 1 N–H and O–H groups in total. The van der Waals surface area contributed by atoms with Crippen LogP contribution in [0.1, 0.15) is 24.5 Å². The van der Waals surface area contributed by atoms with Crippen molar-refractivity contribution in [2.75, 3.05) is 13.1 Å². The molecule has 0 unspecified atom stereocenters. The Bertz CT molecular complexity index is 762. The largest absolute Gasteiger partial charge is 0.508 e. The molecule has 2 aromatic carbocycles. The number of phenolic OH excluding ortho intramolecular Hbond substituents is 1. The Hall–Kier alpha value is -2.84. The van der Waals surface area contributed by atoms with Crippen molar-refractivity contribution >= 4 is 5.69 Å². The number of nitro benzene ring substituents is 1. The van der Waals surface area contributed by atoms with Crippen molar-refractivity contribution in [1.29, 1.82) is 0 Å². The van der Waals surface area contributed by atoms with Crippen LogP contribution in [0, 0.1) is 22.0 Å². The highest BCUT2D eigenvalue weighted by molar-refractivity contribution is 5.50. The van der Waals surface area contributed by atoms with E-state index in [1.54, 1.807) is 30.3 Å². The molecule has 2 aromatic rings. The van der Waals surface area contributed by atoms with Crippen molar-refractivity contribution in [3.05, 3.63) is 69.8 Å². The SMILES string of the molecule is CCCN(CC#Cc1ccccc1[N+](=O)[O-])Cc1cccc(O)c1. The third-order valence-electron chi connectivity index (χ3n) is 3.48.